The van der Waals surface area contributed by atoms with Crippen molar-refractivity contribution in [3.8, 4) is 0 Å². The van der Waals surface area contributed by atoms with Gasteiger partial charge in [-0.15, -0.1) is 0 Å². The second kappa shape index (κ2) is 3.85. The van der Waals surface area contributed by atoms with E-state index in [0.29, 0.717) is 22.6 Å². The van der Waals surface area contributed by atoms with Gasteiger partial charge in [0, 0.05) is 6.92 Å². The van der Waals surface area contributed by atoms with E-state index < -0.39 is 18.0 Å². The molecule has 2 aromatic rings. The molecule has 0 radical (unpaired) electrons. The molecular weight excluding hydrogens is 222 g/mol. The van der Waals surface area contributed by atoms with Gasteiger partial charge in [0.15, 0.2) is 11.5 Å². The molecule has 1 aromatic carbocycles. The molecule has 90 valence electrons. The summed E-state index contributed by atoms with van der Waals surface area (Å²) in [6, 6.07) is 4.95. The van der Waals surface area contributed by atoms with Gasteiger partial charge in [0.1, 0.15) is 10.9 Å². The van der Waals surface area contributed by atoms with E-state index in [4.69, 9.17) is 9.52 Å². The first-order valence-electron chi connectivity index (χ1n) is 5.19. The highest BCUT2D eigenvalue weighted by Crippen LogP contribution is 2.27. The van der Waals surface area contributed by atoms with Gasteiger partial charge in [-0.25, -0.2) is 4.98 Å². The van der Waals surface area contributed by atoms with Gasteiger partial charge in [-0.3, -0.25) is 4.79 Å². The number of aromatic nitrogens is 1. The van der Waals surface area contributed by atoms with E-state index in [1.54, 1.807) is 25.1 Å². The zero-order chi connectivity index (χ0) is 12.6. The Hall–Kier alpha value is -1.88. The lowest BCUT2D eigenvalue weighted by Gasteiger charge is -2.22. The number of carbonyl (C=O) groups is 1. The van der Waals surface area contributed by atoms with Gasteiger partial charge >= 0.3 is 5.97 Å². The summed E-state index contributed by atoms with van der Waals surface area (Å²) in [5, 5.41) is 18.4. The van der Waals surface area contributed by atoms with Crippen LogP contribution in [0.15, 0.2) is 22.6 Å². The van der Waals surface area contributed by atoms with Crippen LogP contribution in [0, 0.1) is 6.92 Å². The SMILES string of the molecule is Cc1nc2ccc(C(C)(CO)C(=O)O)cc2o1. The number of rotatable bonds is 3. The number of nitrogens with zero attached hydrogens (tertiary/aromatic N) is 1. The largest absolute Gasteiger partial charge is 0.481 e. The molecule has 0 aliphatic heterocycles. The molecule has 0 bridgehead atoms. The van der Waals surface area contributed by atoms with Crippen molar-refractivity contribution in [2.45, 2.75) is 19.3 Å². The fourth-order valence-electron chi connectivity index (χ4n) is 1.67. The molecule has 0 aliphatic carbocycles. The Morgan fingerprint density at radius 2 is 2.24 bits per heavy atom. The number of carboxylic acid groups (broad SMARTS) is 1. The van der Waals surface area contributed by atoms with Gasteiger partial charge in [0.2, 0.25) is 0 Å². The lowest BCUT2D eigenvalue weighted by atomic mass is 9.83. The summed E-state index contributed by atoms with van der Waals surface area (Å²) >= 11 is 0. The fraction of sp³-hybridized carbons (Fsp3) is 0.333. The molecule has 17 heavy (non-hydrogen) atoms. The molecule has 5 nitrogen and oxygen atoms in total. The highest BCUT2D eigenvalue weighted by molar-refractivity contribution is 5.83. The highest BCUT2D eigenvalue weighted by atomic mass is 16.4. The van der Waals surface area contributed by atoms with Crippen LogP contribution in [0.2, 0.25) is 0 Å². The predicted molar refractivity (Wildman–Crippen MR) is 60.8 cm³/mol. The molecule has 1 unspecified atom stereocenters. The number of carboxylic acids is 1. The second-order valence-corrected chi connectivity index (χ2v) is 4.21. The molecule has 0 spiro atoms. The number of aliphatic hydroxyl groups excluding tert-OH is 1. The first-order chi connectivity index (χ1) is 7.97. The maximum atomic E-state index is 11.2. The van der Waals surface area contributed by atoms with Gasteiger partial charge in [0.05, 0.1) is 6.61 Å². The lowest BCUT2D eigenvalue weighted by Crippen LogP contribution is -2.36. The third kappa shape index (κ3) is 1.78. The van der Waals surface area contributed by atoms with Crippen LogP contribution in [-0.4, -0.2) is 27.8 Å². The van der Waals surface area contributed by atoms with E-state index in [9.17, 15) is 9.90 Å². The van der Waals surface area contributed by atoms with Crippen molar-refractivity contribution in [2.75, 3.05) is 6.61 Å². The first kappa shape index (κ1) is 11.6. The van der Waals surface area contributed by atoms with Gasteiger partial charge in [-0.2, -0.15) is 0 Å². The number of oxazole rings is 1. The highest BCUT2D eigenvalue weighted by Gasteiger charge is 2.35. The van der Waals surface area contributed by atoms with E-state index in [2.05, 4.69) is 4.98 Å². The summed E-state index contributed by atoms with van der Waals surface area (Å²) in [7, 11) is 0. The molecule has 2 N–H and O–H groups in total. The Morgan fingerprint density at radius 3 is 2.82 bits per heavy atom. The molecule has 5 heteroatoms. The molecule has 0 aliphatic rings. The van der Waals surface area contributed by atoms with Crippen LogP contribution in [0.1, 0.15) is 18.4 Å². The number of benzene rings is 1. The summed E-state index contributed by atoms with van der Waals surface area (Å²) < 4.78 is 5.34. The second-order valence-electron chi connectivity index (χ2n) is 4.21. The van der Waals surface area contributed by atoms with Crippen LogP contribution in [0.5, 0.6) is 0 Å². The Bertz CT molecular complexity index is 575. The molecule has 1 atom stereocenters. The van der Waals surface area contributed by atoms with Crippen molar-refractivity contribution in [1.29, 1.82) is 0 Å². The molecule has 1 aromatic heterocycles. The minimum atomic E-state index is -1.32. The van der Waals surface area contributed by atoms with Crippen molar-refractivity contribution in [3.05, 3.63) is 29.7 Å². The molecule has 0 saturated heterocycles. The quantitative estimate of drug-likeness (QED) is 0.841. The summed E-state index contributed by atoms with van der Waals surface area (Å²) in [6.07, 6.45) is 0. The average Bonchev–Trinajstić information content (AvgIpc) is 2.66. The normalized spacial score (nSPS) is 14.8. The predicted octanol–water partition coefficient (Wildman–Crippen LogP) is 1.47. The maximum Gasteiger partial charge on any atom is 0.316 e. The van der Waals surface area contributed by atoms with E-state index in [1.165, 1.54) is 6.92 Å². The Morgan fingerprint density at radius 1 is 1.53 bits per heavy atom. The topological polar surface area (TPSA) is 83.6 Å². The number of hydrogen-bond donors (Lipinski definition) is 2. The minimum absolute atomic E-state index is 0.471. The van der Waals surface area contributed by atoms with Crippen molar-refractivity contribution in [3.63, 3.8) is 0 Å². The van der Waals surface area contributed by atoms with Crippen molar-refractivity contribution in [1.82, 2.24) is 4.98 Å². The van der Waals surface area contributed by atoms with Crippen molar-refractivity contribution < 1.29 is 19.4 Å². The summed E-state index contributed by atoms with van der Waals surface area (Å²) in [6.45, 7) is 2.72. The number of aliphatic hydroxyl groups is 1. The van der Waals surface area contributed by atoms with Gasteiger partial charge in [0.25, 0.3) is 0 Å². The zero-order valence-corrected chi connectivity index (χ0v) is 9.60. The fourth-order valence-corrected chi connectivity index (χ4v) is 1.67. The maximum absolute atomic E-state index is 11.2. The van der Waals surface area contributed by atoms with Crippen LogP contribution in [0.3, 0.4) is 0 Å². The summed E-state index contributed by atoms with van der Waals surface area (Å²) in [4.78, 5) is 15.3. The number of aryl methyl sites for hydroxylation is 1. The Labute approximate surface area is 97.7 Å². The number of fused-ring (bicyclic) bond motifs is 1. The first-order valence-corrected chi connectivity index (χ1v) is 5.19. The molecule has 0 amide bonds. The molecular formula is C12H13NO4. The number of hydrogen-bond acceptors (Lipinski definition) is 4. The third-order valence-electron chi connectivity index (χ3n) is 2.92. The summed E-state index contributed by atoms with van der Waals surface area (Å²) in [5.74, 6) is -0.547. The molecule has 0 saturated carbocycles. The van der Waals surface area contributed by atoms with Crippen LogP contribution < -0.4 is 0 Å². The van der Waals surface area contributed by atoms with Crippen LogP contribution in [0.25, 0.3) is 11.1 Å². The van der Waals surface area contributed by atoms with E-state index in [0.717, 1.165) is 0 Å². The molecule has 2 rings (SSSR count). The standard InChI is InChI=1S/C12H13NO4/c1-7-13-9-4-3-8(5-10(9)17-7)12(2,6-14)11(15)16/h3-5,14H,6H2,1-2H3,(H,15,16). The van der Waals surface area contributed by atoms with Crippen LogP contribution in [0.4, 0.5) is 0 Å². The zero-order valence-electron chi connectivity index (χ0n) is 9.60. The van der Waals surface area contributed by atoms with Gasteiger partial charge in [-0.05, 0) is 24.6 Å². The lowest BCUT2D eigenvalue weighted by molar-refractivity contribution is -0.144. The Balaban J connectivity index is 2.58. The molecule has 1 heterocycles. The van der Waals surface area contributed by atoms with Crippen LogP contribution in [-0.2, 0) is 10.2 Å². The summed E-state index contributed by atoms with van der Waals surface area (Å²) in [5.41, 5.74) is 0.378. The van der Waals surface area contributed by atoms with E-state index in [1.807, 2.05) is 0 Å². The monoisotopic (exact) mass is 235 g/mol. The van der Waals surface area contributed by atoms with Crippen molar-refractivity contribution >= 4 is 17.1 Å². The number of aliphatic carboxylic acids is 1. The smallest absolute Gasteiger partial charge is 0.316 e. The van der Waals surface area contributed by atoms with Gasteiger partial charge in [-0.1, -0.05) is 6.07 Å². The minimum Gasteiger partial charge on any atom is -0.481 e. The average molecular weight is 235 g/mol. The van der Waals surface area contributed by atoms with E-state index in [-0.39, 0.29) is 0 Å². The van der Waals surface area contributed by atoms with Crippen LogP contribution >= 0.6 is 0 Å². The third-order valence-corrected chi connectivity index (χ3v) is 2.92. The molecule has 0 fully saturated rings. The van der Waals surface area contributed by atoms with Crippen molar-refractivity contribution in [2.24, 2.45) is 0 Å². The Kier molecular flexibility index (Phi) is 2.63. The van der Waals surface area contributed by atoms with E-state index >= 15 is 0 Å². The van der Waals surface area contributed by atoms with Gasteiger partial charge < -0.3 is 14.6 Å².